The fraction of sp³-hybridized carbons (Fsp3) is 0.533. The highest BCUT2D eigenvalue weighted by Crippen LogP contribution is 2.24. The van der Waals surface area contributed by atoms with Crippen LogP contribution in [0.1, 0.15) is 45.6 Å². The first kappa shape index (κ1) is 14.6. The van der Waals surface area contributed by atoms with Crippen LogP contribution in [0, 0.1) is 0 Å². The van der Waals surface area contributed by atoms with Crippen LogP contribution < -0.4 is 5.32 Å². The van der Waals surface area contributed by atoms with Crippen molar-refractivity contribution in [2.24, 2.45) is 0 Å². The Morgan fingerprint density at radius 1 is 1.28 bits per heavy atom. The van der Waals surface area contributed by atoms with Crippen molar-refractivity contribution in [3.8, 4) is 0 Å². The zero-order chi connectivity index (χ0) is 13.5. The van der Waals surface area contributed by atoms with Crippen LogP contribution in [0.2, 0.25) is 0 Å². The van der Waals surface area contributed by atoms with Gasteiger partial charge in [-0.1, -0.05) is 39.0 Å². The minimum absolute atomic E-state index is 0.182. The summed E-state index contributed by atoms with van der Waals surface area (Å²) < 4.78 is 5.07. The van der Waals surface area contributed by atoms with Crippen molar-refractivity contribution in [1.82, 2.24) is 0 Å². The zero-order valence-electron chi connectivity index (χ0n) is 11.7. The molecule has 0 saturated heterocycles. The van der Waals surface area contributed by atoms with Crippen molar-refractivity contribution in [2.45, 2.75) is 46.1 Å². The minimum Gasteiger partial charge on any atom is -0.464 e. The molecule has 3 heteroatoms. The van der Waals surface area contributed by atoms with E-state index in [1.165, 1.54) is 5.56 Å². The maximum Gasteiger partial charge on any atom is 0.328 e. The van der Waals surface area contributed by atoms with Gasteiger partial charge in [-0.05, 0) is 30.9 Å². The second-order valence-corrected chi connectivity index (χ2v) is 4.60. The Kier molecular flexibility index (Phi) is 5.69. The predicted octanol–water partition coefficient (Wildman–Crippen LogP) is 3.56. The number of para-hydroxylation sites is 1. The lowest BCUT2D eigenvalue weighted by Crippen LogP contribution is -2.31. The van der Waals surface area contributed by atoms with Gasteiger partial charge in [-0.15, -0.1) is 0 Å². The van der Waals surface area contributed by atoms with E-state index in [0.717, 1.165) is 5.69 Å². The normalized spacial score (nSPS) is 12.3. The number of hydrogen-bond donors (Lipinski definition) is 1. The molecule has 1 atom stereocenters. The van der Waals surface area contributed by atoms with E-state index in [0.29, 0.717) is 18.9 Å². The maximum atomic E-state index is 11.8. The Hall–Kier alpha value is -1.51. The van der Waals surface area contributed by atoms with Gasteiger partial charge in [0.25, 0.3) is 0 Å². The van der Waals surface area contributed by atoms with Gasteiger partial charge in [0.05, 0.1) is 6.61 Å². The molecule has 0 radical (unpaired) electrons. The first-order valence-electron chi connectivity index (χ1n) is 6.62. The van der Waals surface area contributed by atoms with Crippen LogP contribution in [0.4, 0.5) is 5.69 Å². The van der Waals surface area contributed by atoms with Gasteiger partial charge in [0.15, 0.2) is 0 Å². The van der Waals surface area contributed by atoms with Gasteiger partial charge >= 0.3 is 5.97 Å². The first-order chi connectivity index (χ1) is 8.60. The Balaban J connectivity index is 2.85. The summed E-state index contributed by atoms with van der Waals surface area (Å²) in [5, 5.41) is 3.29. The average Bonchev–Trinajstić information content (AvgIpc) is 2.36. The van der Waals surface area contributed by atoms with Gasteiger partial charge in [0, 0.05) is 5.69 Å². The van der Waals surface area contributed by atoms with Crippen LogP contribution >= 0.6 is 0 Å². The van der Waals surface area contributed by atoms with E-state index in [1.54, 1.807) is 0 Å². The van der Waals surface area contributed by atoms with Gasteiger partial charge in [-0.25, -0.2) is 4.79 Å². The molecule has 0 amide bonds. The summed E-state index contributed by atoms with van der Waals surface area (Å²) in [7, 11) is 0. The second-order valence-electron chi connectivity index (χ2n) is 4.60. The summed E-state index contributed by atoms with van der Waals surface area (Å²) in [5.74, 6) is 0.243. The van der Waals surface area contributed by atoms with Crippen molar-refractivity contribution in [3.63, 3.8) is 0 Å². The molecule has 0 saturated carbocycles. The summed E-state index contributed by atoms with van der Waals surface area (Å²) in [6.07, 6.45) is 0.714. The molecule has 0 aliphatic heterocycles. The minimum atomic E-state index is -0.273. The van der Waals surface area contributed by atoms with Gasteiger partial charge in [-0.2, -0.15) is 0 Å². The Morgan fingerprint density at radius 3 is 2.50 bits per heavy atom. The Labute approximate surface area is 110 Å². The number of hydrogen-bond acceptors (Lipinski definition) is 3. The summed E-state index contributed by atoms with van der Waals surface area (Å²) in [6, 6.07) is 7.82. The van der Waals surface area contributed by atoms with Crippen LogP contribution in [-0.2, 0) is 9.53 Å². The van der Waals surface area contributed by atoms with E-state index >= 15 is 0 Å². The van der Waals surface area contributed by atoms with Gasteiger partial charge in [0.2, 0.25) is 0 Å². The lowest BCUT2D eigenvalue weighted by molar-refractivity contribution is -0.144. The molecule has 0 spiro atoms. The number of carbonyl (C=O) groups is 1. The Morgan fingerprint density at radius 2 is 1.94 bits per heavy atom. The highest BCUT2D eigenvalue weighted by molar-refractivity contribution is 5.79. The average molecular weight is 249 g/mol. The third-order valence-electron chi connectivity index (χ3n) is 2.89. The maximum absolute atomic E-state index is 11.8. The quantitative estimate of drug-likeness (QED) is 0.783. The van der Waals surface area contributed by atoms with Crippen molar-refractivity contribution in [2.75, 3.05) is 11.9 Å². The van der Waals surface area contributed by atoms with E-state index in [4.69, 9.17) is 4.74 Å². The molecular weight excluding hydrogens is 226 g/mol. The fourth-order valence-corrected chi connectivity index (χ4v) is 1.89. The third-order valence-corrected chi connectivity index (χ3v) is 2.89. The first-order valence-corrected chi connectivity index (χ1v) is 6.62. The predicted molar refractivity (Wildman–Crippen MR) is 74.9 cm³/mol. The molecule has 0 bridgehead atoms. The molecule has 0 heterocycles. The number of nitrogens with one attached hydrogen (secondary N) is 1. The smallest absolute Gasteiger partial charge is 0.328 e. The van der Waals surface area contributed by atoms with Crippen LogP contribution in [0.3, 0.4) is 0 Å². The molecule has 100 valence electrons. The topological polar surface area (TPSA) is 38.3 Å². The van der Waals surface area contributed by atoms with Gasteiger partial charge in [-0.3, -0.25) is 0 Å². The summed E-state index contributed by atoms with van der Waals surface area (Å²) in [5.41, 5.74) is 2.24. The van der Waals surface area contributed by atoms with Crippen LogP contribution in [0.25, 0.3) is 0 Å². The molecule has 0 aliphatic rings. The number of benzene rings is 1. The van der Waals surface area contributed by atoms with Crippen molar-refractivity contribution in [3.05, 3.63) is 29.8 Å². The molecule has 0 aromatic heterocycles. The summed E-state index contributed by atoms with van der Waals surface area (Å²) >= 11 is 0. The van der Waals surface area contributed by atoms with E-state index in [1.807, 2.05) is 32.0 Å². The standard InChI is InChI=1S/C15H23NO2/c1-5-13(15(17)18-6-2)16-14-10-8-7-9-12(14)11(3)4/h7-11,13,16H,5-6H2,1-4H3. The van der Waals surface area contributed by atoms with E-state index in [2.05, 4.69) is 25.2 Å². The van der Waals surface area contributed by atoms with E-state index in [-0.39, 0.29) is 12.0 Å². The van der Waals surface area contributed by atoms with Crippen LogP contribution in [-0.4, -0.2) is 18.6 Å². The molecule has 3 nitrogen and oxygen atoms in total. The summed E-state index contributed by atoms with van der Waals surface area (Å²) in [6.45, 7) is 8.51. The summed E-state index contributed by atoms with van der Waals surface area (Å²) in [4.78, 5) is 11.8. The lowest BCUT2D eigenvalue weighted by Gasteiger charge is -2.20. The third kappa shape index (κ3) is 3.76. The number of rotatable bonds is 6. The highest BCUT2D eigenvalue weighted by atomic mass is 16.5. The number of carbonyl (C=O) groups excluding carboxylic acids is 1. The highest BCUT2D eigenvalue weighted by Gasteiger charge is 2.18. The molecule has 1 aromatic rings. The van der Waals surface area contributed by atoms with Gasteiger partial charge < -0.3 is 10.1 Å². The number of anilines is 1. The zero-order valence-corrected chi connectivity index (χ0v) is 11.7. The Bertz CT molecular complexity index is 388. The lowest BCUT2D eigenvalue weighted by atomic mass is 10.0. The second kappa shape index (κ2) is 7.04. The molecule has 1 aromatic carbocycles. The number of ether oxygens (including phenoxy) is 1. The van der Waals surface area contributed by atoms with Crippen LogP contribution in [0.5, 0.6) is 0 Å². The van der Waals surface area contributed by atoms with E-state index in [9.17, 15) is 4.79 Å². The molecule has 0 aliphatic carbocycles. The SMILES string of the molecule is CCOC(=O)C(CC)Nc1ccccc1C(C)C. The molecule has 1 unspecified atom stereocenters. The van der Waals surface area contributed by atoms with Crippen molar-refractivity contribution in [1.29, 1.82) is 0 Å². The number of esters is 1. The molecule has 1 N–H and O–H groups in total. The largest absolute Gasteiger partial charge is 0.464 e. The van der Waals surface area contributed by atoms with Gasteiger partial charge in [0.1, 0.15) is 6.04 Å². The fourth-order valence-electron chi connectivity index (χ4n) is 1.89. The molecule has 0 fully saturated rings. The molecular formula is C15H23NO2. The van der Waals surface area contributed by atoms with Crippen molar-refractivity contribution < 1.29 is 9.53 Å². The monoisotopic (exact) mass is 249 g/mol. The van der Waals surface area contributed by atoms with E-state index < -0.39 is 0 Å². The van der Waals surface area contributed by atoms with Crippen molar-refractivity contribution >= 4 is 11.7 Å². The molecule has 1 rings (SSSR count). The van der Waals surface area contributed by atoms with Crippen LogP contribution in [0.15, 0.2) is 24.3 Å². The molecule has 18 heavy (non-hydrogen) atoms.